The Morgan fingerprint density at radius 1 is 0.971 bits per heavy atom. The molecular weight excluding hydrogens is 444 g/mol. The number of carbonyl (C=O) groups is 3. The first-order valence-electron chi connectivity index (χ1n) is 12.1. The molecule has 1 saturated heterocycles. The number of hydrogen-bond donors (Lipinski definition) is 2. The molecule has 2 aromatic rings. The van der Waals surface area contributed by atoms with Gasteiger partial charge in [0.25, 0.3) is 0 Å². The number of carbonyl (C=O) groups excluding carboxylic acids is 3. The van der Waals surface area contributed by atoms with Crippen molar-refractivity contribution in [2.45, 2.75) is 26.7 Å². The van der Waals surface area contributed by atoms with Crippen molar-refractivity contribution in [3.05, 3.63) is 59.7 Å². The highest BCUT2D eigenvalue weighted by Gasteiger charge is 2.28. The van der Waals surface area contributed by atoms with E-state index in [-0.39, 0.29) is 36.7 Å². The lowest BCUT2D eigenvalue weighted by atomic mass is 9.95. The summed E-state index contributed by atoms with van der Waals surface area (Å²) in [7, 11) is 1.60. The van der Waals surface area contributed by atoms with Crippen LogP contribution in [0.25, 0.3) is 0 Å². The lowest BCUT2D eigenvalue weighted by Gasteiger charge is -2.33. The Kier molecular flexibility index (Phi) is 9.81. The Balaban J connectivity index is 1.50. The van der Waals surface area contributed by atoms with Gasteiger partial charge in [0.15, 0.2) is 0 Å². The monoisotopic (exact) mass is 480 g/mol. The van der Waals surface area contributed by atoms with Crippen LogP contribution >= 0.6 is 0 Å². The molecular formula is C27H36N4O4. The summed E-state index contributed by atoms with van der Waals surface area (Å²) in [6, 6.07) is 15.2. The predicted octanol–water partition coefficient (Wildman–Crippen LogP) is 3.07. The molecule has 0 radical (unpaired) electrons. The number of rotatable bonds is 10. The van der Waals surface area contributed by atoms with Gasteiger partial charge in [0.2, 0.25) is 17.7 Å². The Bertz CT molecular complexity index is 1000. The van der Waals surface area contributed by atoms with Crippen molar-refractivity contribution in [3.63, 3.8) is 0 Å². The Morgan fingerprint density at radius 2 is 1.69 bits per heavy atom. The Morgan fingerprint density at radius 3 is 2.37 bits per heavy atom. The smallest absolute Gasteiger partial charge is 0.238 e. The molecule has 2 aromatic carbocycles. The fraction of sp³-hybridized carbons (Fsp3) is 0.444. The molecule has 0 bridgehead atoms. The summed E-state index contributed by atoms with van der Waals surface area (Å²) in [5.74, 6) is -0.332. The summed E-state index contributed by atoms with van der Waals surface area (Å²) in [5, 5.41) is 5.91. The van der Waals surface area contributed by atoms with Gasteiger partial charge in [-0.25, -0.2) is 0 Å². The lowest BCUT2D eigenvalue weighted by Crippen LogP contribution is -2.47. The maximum absolute atomic E-state index is 13.0. The summed E-state index contributed by atoms with van der Waals surface area (Å²) in [6.07, 6.45) is 1.24. The van der Waals surface area contributed by atoms with Crippen LogP contribution in [0, 0.1) is 19.8 Å². The van der Waals surface area contributed by atoms with Crippen LogP contribution in [0.1, 0.15) is 24.0 Å². The van der Waals surface area contributed by atoms with E-state index in [0.717, 1.165) is 22.5 Å². The van der Waals surface area contributed by atoms with Crippen LogP contribution in [-0.2, 0) is 19.1 Å². The lowest BCUT2D eigenvalue weighted by molar-refractivity contribution is -0.136. The molecule has 3 amide bonds. The van der Waals surface area contributed by atoms with Crippen LogP contribution in [-0.4, -0.2) is 74.0 Å². The zero-order valence-corrected chi connectivity index (χ0v) is 20.9. The van der Waals surface area contributed by atoms with Crippen molar-refractivity contribution >= 4 is 29.1 Å². The second-order valence-electron chi connectivity index (χ2n) is 9.01. The third-order valence-electron chi connectivity index (χ3n) is 6.48. The third-order valence-corrected chi connectivity index (χ3v) is 6.48. The molecule has 0 aliphatic carbocycles. The largest absolute Gasteiger partial charge is 0.383 e. The number of para-hydroxylation sites is 1. The Hall–Kier alpha value is -3.23. The summed E-state index contributed by atoms with van der Waals surface area (Å²) >= 11 is 0. The number of nitrogens with zero attached hydrogens (tertiary/aromatic N) is 2. The van der Waals surface area contributed by atoms with E-state index < -0.39 is 0 Å². The zero-order chi connectivity index (χ0) is 25.2. The van der Waals surface area contributed by atoms with E-state index in [1.165, 1.54) is 0 Å². The fourth-order valence-electron chi connectivity index (χ4n) is 4.16. The van der Waals surface area contributed by atoms with Crippen LogP contribution in [0.2, 0.25) is 0 Å². The molecule has 188 valence electrons. The van der Waals surface area contributed by atoms with Gasteiger partial charge in [0.05, 0.1) is 19.7 Å². The minimum atomic E-state index is -0.168. The van der Waals surface area contributed by atoms with Crippen LogP contribution in [0.4, 0.5) is 11.4 Å². The van der Waals surface area contributed by atoms with Gasteiger partial charge in [-0.3, -0.25) is 19.3 Å². The molecule has 0 saturated carbocycles. The first-order valence-corrected chi connectivity index (χ1v) is 12.1. The zero-order valence-electron chi connectivity index (χ0n) is 20.9. The second kappa shape index (κ2) is 13.0. The Labute approximate surface area is 207 Å². The summed E-state index contributed by atoms with van der Waals surface area (Å²) in [5.41, 5.74) is 3.70. The highest BCUT2D eigenvalue weighted by Crippen LogP contribution is 2.20. The SMILES string of the molecule is COCCN(CC(=O)Nc1cccc(C)c1C)CC(=O)N1CCC(C(=O)Nc2ccccc2)CC1. The van der Waals surface area contributed by atoms with E-state index >= 15 is 0 Å². The van der Waals surface area contributed by atoms with E-state index in [1.54, 1.807) is 16.9 Å². The van der Waals surface area contributed by atoms with Crippen molar-refractivity contribution in [3.8, 4) is 0 Å². The minimum Gasteiger partial charge on any atom is -0.383 e. The number of methoxy groups -OCH3 is 1. The van der Waals surface area contributed by atoms with Crippen LogP contribution in [0.5, 0.6) is 0 Å². The van der Waals surface area contributed by atoms with Gasteiger partial charge in [-0.1, -0.05) is 30.3 Å². The summed E-state index contributed by atoms with van der Waals surface area (Å²) in [4.78, 5) is 41.9. The van der Waals surface area contributed by atoms with Gasteiger partial charge in [0, 0.05) is 44.0 Å². The quantitative estimate of drug-likeness (QED) is 0.545. The number of ether oxygens (including phenoxy) is 1. The molecule has 0 aromatic heterocycles. The van der Waals surface area contributed by atoms with Gasteiger partial charge in [-0.2, -0.15) is 0 Å². The standard InChI is InChI=1S/C27H36N4O4/c1-20-8-7-11-24(21(20)2)29-25(32)18-30(16-17-35-3)19-26(33)31-14-12-22(13-15-31)27(34)28-23-9-5-4-6-10-23/h4-11,22H,12-19H2,1-3H3,(H,28,34)(H,29,32). The van der Waals surface area contributed by atoms with Crippen molar-refractivity contribution in [1.29, 1.82) is 0 Å². The predicted molar refractivity (Wildman–Crippen MR) is 137 cm³/mol. The number of anilines is 2. The summed E-state index contributed by atoms with van der Waals surface area (Å²) in [6.45, 7) is 6.15. The van der Waals surface area contributed by atoms with Crippen molar-refractivity contribution < 1.29 is 19.1 Å². The third kappa shape index (κ3) is 7.90. The van der Waals surface area contributed by atoms with Gasteiger partial charge in [0.1, 0.15) is 0 Å². The van der Waals surface area contributed by atoms with E-state index in [9.17, 15) is 14.4 Å². The fourth-order valence-corrected chi connectivity index (χ4v) is 4.16. The minimum absolute atomic E-state index is 0.00636. The molecule has 1 aliphatic heterocycles. The van der Waals surface area contributed by atoms with Crippen molar-refractivity contribution in [2.75, 3.05) is 57.1 Å². The number of hydrogen-bond acceptors (Lipinski definition) is 5. The number of amides is 3. The normalized spacial score (nSPS) is 14.1. The van der Waals surface area contributed by atoms with E-state index in [1.807, 2.05) is 62.4 Å². The van der Waals surface area contributed by atoms with E-state index in [4.69, 9.17) is 4.74 Å². The highest BCUT2D eigenvalue weighted by atomic mass is 16.5. The van der Waals surface area contributed by atoms with Crippen LogP contribution in [0.15, 0.2) is 48.5 Å². The number of likely N-dealkylation sites (tertiary alicyclic amines) is 1. The molecule has 8 nitrogen and oxygen atoms in total. The number of nitrogens with one attached hydrogen (secondary N) is 2. The molecule has 0 unspecified atom stereocenters. The number of piperidine rings is 1. The first-order chi connectivity index (χ1) is 16.9. The van der Waals surface area contributed by atoms with Gasteiger partial charge in [-0.05, 0) is 56.0 Å². The maximum Gasteiger partial charge on any atom is 0.238 e. The average Bonchev–Trinajstić information content (AvgIpc) is 2.86. The average molecular weight is 481 g/mol. The highest BCUT2D eigenvalue weighted by molar-refractivity contribution is 5.94. The van der Waals surface area contributed by atoms with Gasteiger partial charge < -0.3 is 20.3 Å². The second-order valence-corrected chi connectivity index (χ2v) is 9.01. The molecule has 1 aliphatic rings. The number of aryl methyl sites for hydroxylation is 1. The molecule has 8 heteroatoms. The molecule has 35 heavy (non-hydrogen) atoms. The van der Waals surface area contributed by atoms with Crippen molar-refractivity contribution in [1.82, 2.24) is 9.80 Å². The van der Waals surface area contributed by atoms with Gasteiger partial charge in [-0.15, -0.1) is 0 Å². The topological polar surface area (TPSA) is 91.0 Å². The molecule has 2 N–H and O–H groups in total. The van der Waals surface area contributed by atoms with Gasteiger partial charge >= 0.3 is 0 Å². The maximum atomic E-state index is 13.0. The molecule has 1 fully saturated rings. The van der Waals surface area contributed by atoms with E-state index in [2.05, 4.69) is 10.6 Å². The molecule has 3 rings (SSSR count). The van der Waals surface area contributed by atoms with Crippen molar-refractivity contribution in [2.24, 2.45) is 5.92 Å². The number of benzene rings is 2. The van der Waals surface area contributed by atoms with Crippen LogP contribution in [0.3, 0.4) is 0 Å². The molecule has 0 spiro atoms. The molecule has 1 heterocycles. The first kappa shape index (κ1) is 26.4. The van der Waals surface area contributed by atoms with E-state index in [0.29, 0.717) is 39.1 Å². The molecule has 0 atom stereocenters. The van der Waals surface area contributed by atoms with Crippen LogP contribution < -0.4 is 10.6 Å². The summed E-state index contributed by atoms with van der Waals surface area (Å²) < 4.78 is 5.18.